The number of carbonyl (C=O) groups excluding carboxylic acids is 1. The van der Waals surface area contributed by atoms with E-state index in [0.717, 1.165) is 19.5 Å². The summed E-state index contributed by atoms with van der Waals surface area (Å²) < 4.78 is 0. The van der Waals surface area contributed by atoms with Gasteiger partial charge in [-0.1, -0.05) is 0 Å². The van der Waals surface area contributed by atoms with Gasteiger partial charge in [-0.3, -0.25) is 4.79 Å². The number of piperidine rings is 1. The maximum atomic E-state index is 11.4. The van der Waals surface area contributed by atoms with Gasteiger partial charge >= 0.3 is 0 Å². The lowest BCUT2D eigenvalue weighted by Crippen LogP contribution is -2.46. The van der Waals surface area contributed by atoms with Crippen LogP contribution in [0.1, 0.15) is 26.7 Å². The summed E-state index contributed by atoms with van der Waals surface area (Å²) in [4.78, 5) is 13.7. The van der Waals surface area contributed by atoms with Crippen LogP contribution in [0.15, 0.2) is 0 Å². The number of likely N-dealkylation sites (tertiary alicyclic amines) is 1. The van der Waals surface area contributed by atoms with E-state index in [1.165, 1.54) is 20.3 Å². The SMILES string of the molecule is CN1CCCC(CNC(=O)C(C)(C)O)C1. The number of hydrogen-bond acceptors (Lipinski definition) is 3. The van der Waals surface area contributed by atoms with Crippen molar-refractivity contribution in [2.45, 2.75) is 32.3 Å². The fourth-order valence-corrected chi connectivity index (χ4v) is 1.89. The van der Waals surface area contributed by atoms with Crippen LogP contribution in [0.2, 0.25) is 0 Å². The molecule has 1 saturated heterocycles. The molecule has 2 N–H and O–H groups in total. The van der Waals surface area contributed by atoms with E-state index >= 15 is 0 Å². The van der Waals surface area contributed by atoms with Crippen molar-refractivity contribution in [3.63, 3.8) is 0 Å². The summed E-state index contributed by atoms with van der Waals surface area (Å²) in [5.74, 6) is 0.241. The van der Waals surface area contributed by atoms with E-state index in [1.54, 1.807) is 0 Å². The number of amides is 1. The quantitative estimate of drug-likeness (QED) is 0.706. The third-order valence-electron chi connectivity index (χ3n) is 2.83. The highest BCUT2D eigenvalue weighted by Gasteiger charge is 2.25. The van der Waals surface area contributed by atoms with Crippen LogP contribution in [0, 0.1) is 5.92 Å². The third-order valence-corrected chi connectivity index (χ3v) is 2.83. The molecule has 0 saturated carbocycles. The molecule has 1 amide bonds. The van der Waals surface area contributed by atoms with Crippen molar-refractivity contribution in [1.82, 2.24) is 10.2 Å². The maximum Gasteiger partial charge on any atom is 0.251 e. The van der Waals surface area contributed by atoms with Gasteiger partial charge in [-0.15, -0.1) is 0 Å². The van der Waals surface area contributed by atoms with Gasteiger partial charge in [0, 0.05) is 13.1 Å². The lowest BCUT2D eigenvalue weighted by Gasteiger charge is -2.30. The number of rotatable bonds is 3. The van der Waals surface area contributed by atoms with Gasteiger partial charge in [0.05, 0.1) is 0 Å². The second-order valence-corrected chi connectivity index (χ2v) is 5.04. The van der Waals surface area contributed by atoms with Gasteiger partial charge < -0.3 is 15.3 Å². The Morgan fingerprint density at radius 1 is 1.60 bits per heavy atom. The van der Waals surface area contributed by atoms with Gasteiger partial charge in [-0.2, -0.15) is 0 Å². The molecular weight excluding hydrogens is 192 g/mol. The molecular formula is C11H22N2O2. The Kier molecular flexibility index (Phi) is 4.11. The molecule has 0 aromatic heterocycles. The summed E-state index contributed by atoms with van der Waals surface area (Å²) in [7, 11) is 2.10. The molecule has 88 valence electrons. The first-order valence-corrected chi connectivity index (χ1v) is 5.59. The van der Waals surface area contributed by atoms with E-state index in [2.05, 4.69) is 17.3 Å². The zero-order valence-electron chi connectivity index (χ0n) is 9.92. The fraction of sp³-hybridized carbons (Fsp3) is 0.909. The lowest BCUT2D eigenvalue weighted by molar-refractivity contribution is -0.136. The Hall–Kier alpha value is -0.610. The second kappa shape index (κ2) is 4.94. The molecule has 0 aliphatic carbocycles. The Balaban J connectivity index is 2.28. The normalized spacial score (nSPS) is 23.9. The van der Waals surface area contributed by atoms with Crippen molar-refractivity contribution < 1.29 is 9.90 Å². The third kappa shape index (κ3) is 4.18. The van der Waals surface area contributed by atoms with Crippen LogP contribution >= 0.6 is 0 Å². The van der Waals surface area contributed by atoms with E-state index < -0.39 is 5.60 Å². The Labute approximate surface area is 91.6 Å². The van der Waals surface area contributed by atoms with Gasteiger partial charge in [0.15, 0.2) is 0 Å². The van der Waals surface area contributed by atoms with Crippen LogP contribution in [-0.4, -0.2) is 48.2 Å². The van der Waals surface area contributed by atoms with Gasteiger partial charge in [-0.25, -0.2) is 0 Å². The van der Waals surface area contributed by atoms with Crippen LogP contribution < -0.4 is 5.32 Å². The molecule has 1 heterocycles. The molecule has 0 aromatic carbocycles. The minimum absolute atomic E-state index is 0.282. The first-order chi connectivity index (χ1) is 6.89. The summed E-state index contributed by atoms with van der Waals surface area (Å²) in [6.07, 6.45) is 2.36. The van der Waals surface area contributed by atoms with Crippen LogP contribution in [0.25, 0.3) is 0 Å². The molecule has 0 radical (unpaired) electrons. The van der Waals surface area contributed by atoms with Crippen LogP contribution in [0.4, 0.5) is 0 Å². The Morgan fingerprint density at radius 2 is 2.27 bits per heavy atom. The van der Waals surface area contributed by atoms with E-state index in [0.29, 0.717) is 12.5 Å². The average Bonchev–Trinajstić information content (AvgIpc) is 2.12. The largest absolute Gasteiger partial charge is 0.381 e. The van der Waals surface area contributed by atoms with E-state index in [4.69, 9.17) is 0 Å². The first kappa shape index (κ1) is 12.5. The van der Waals surface area contributed by atoms with Gasteiger partial charge in [-0.05, 0) is 46.2 Å². The van der Waals surface area contributed by atoms with E-state index in [-0.39, 0.29) is 5.91 Å². The minimum Gasteiger partial charge on any atom is -0.381 e. The van der Waals surface area contributed by atoms with Crippen molar-refractivity contribution in [3.8, 4) is 0 Å². The van der Waals surface area contributed by atoms with E-state index in [1.807, 2.05) is 0 Å². The fourth-order valence-electron chi connectivity index (χ4n) is 1.89. The summed E-state index contributed by atoms with van der Waals surface area (Å²) in [6.45, 7) is 5.87. The summed E-state index contributed by atoms with van der Waals surface area (Å²) in [5, 5.41) is 12.2. The van der Waals surface area contributed by atoms with Gasteiger partial charge in [0.25, 0.3) is 5.91 Å². The lowest BCUT2D eigenvalue weighted by atomic mass is 9.98. The highest BCUT2D eigenvalue weighted by Crippen LogP contribution is 2.14. The Morgan fingerprint density at radius 3 is 2.80 bits per heavy atom. The predicted octanol–water partition coefficient (Wildman–Crippen LogP) is 0.215. The maximum absolute atomic E-state index is 11.4. The highest BCUT2D eigenvalue weighted by atomic mass is 16.3. The van der Waals surface area contributed by atoms with Crippen LogP contribution in [-0.2, 0) is 4.79 Å². The molecule has 1 fully saturated rings. The molecule has 4 heteroatoms. The highest BCUT2D eigenvalue weighted by molar-refractivity contribution is 5.83. The van der Waals surface area contributed by atoms with Gasteiger partial charge in [0.1, 0.15) is 5.60 Å². The van der Waals surface area contributed by atoms with Crippen molar-refractivity contribution in [3.05, 3.63) is 0 Å². The molecule has 15 heavy (non-hydrogen) atoms. The molecule has 1 unspecified atom stereocenters. The molecule has 1 aliphatic heterocycles. The molecule has 0 aromatic rings. The molecule has 0 bridgehead atoms. The number of carbonyl (C=O) groups is 1. The van der Waals surface area contributed by atoms with Crippen molar-refractivity contribution in [2.24, 2.45) is 5.92 Å². The zero-order chi connectivity index (χ0) is 11.5. The predicted molar refractivity (Wildman–Crippen MR) is 59.5 cm³/mol. The first-order valence-electron chi connectivity index (χ1n) is 5.59. The second-order valence-electron chi connectivity index (χ2n) is 5.04. The minimum atomic E-state index is -1.26. The van der Waals surface area contributed by atoms with Crippen LogP contribution in [0.3, 0.4) is 0 Å². The standard InChI is InChI=1S/C11H22N2O2/c1-11(2,15)10(14)12-7-9-5-4-6-13(3)8-9/h9,15H,4-8H2,1-3H3,(H,12,14). The molecule has 1 atom stereocenters. The molecule has 1 rings (SSSR count). The molecule has 0 spiro atoms. The van der Waals surface area contributed by atoms with Gasteiger partial charge in [0.2, 0.25) is 0 Å². The zero-order valence-corrected chi connectivity index (χ0v) is 9.92. The molecule has 1 aliphatic rings. The molecule has 4 nitrogen and oxygen atoms in total. The monoisotopic (exact) mass is 214 g/mol. The summed E-state index contributed by atoms with van der Waals surface area (Å²) in [5.41, 5.74) is -1.26. The van der Waals surface area contributed by atoms with Crippen LogP contribution in [0.5, 0.6) is 0 Å². The topological polar surface area (TPSA) is 52.6 Å². The number of nitrogens with one attached hydrogen (secondary N) is 1. The smallest absolute Gasteiger partial charge is 0.251 e. The number of aliphatic hydroxyl groups is 1. The average molecular weight is 214 g/mol. The number of hydrogen-bond donors (Lipinski definition) is 2. The summed E-state index contributed by atoms with van der Waals surface area (Å²) in [6, 6.07) is 0. The van der Waals surface area contributed by atoms with Crippen molar-refractivity contribution in [1.29, 1.82) is 0 Å². The number of nitrogens with zero attached hydrogens (tertiary/aromatic N) is 1. The van der Waals surface area contributed by atoms with Crippen molar-refractivity contribution in [2.75, 3.05) is 26.7 Å². The summed E-state index contributed by atoms with van der Waals surface area (Å²) >= 11 is 0. The Bertz CT molecular complexity index is 223. The van der Waals surface area contributed by atoms with Crippen molar-refractivity contribution >= 4 is 5.91 Å². The van der Waals surface area contributed by atoms with E-state index in [9.17, 15) is 9.90 Å².